The van der Waals surface area contributed by atoms with Gasteiger partial charge in [0.25, 0.3) is 0 Å². The third-order valence-electron chi connectivity index (χ3n) is 3.02. The molecule has 0 amide bonds. The maximum absolute atomic E-state index is 3.64. The topological polar surface area (TPSA) is 12.0 Å². The van der Waals surface area contributed by atoms with E-state index in [4.69, 9.17) is 0 Å². The van der Waals surface area contributed by atoms with Crippen LogP contribution in [0, 0.1) is 0 Å². The van der Waals surface area contributed by atoms with Crippen LogP contribution in [-0.2, 0) is 6.42 Å². The molecule has 1 aliphatic carbocycles. The van der Waals surface area contributed by atoms with Crippen molar-refractivity contribution >= 4 is 15.9 Å². The molecular weight excluding hydrogens is 238 g/mol. The lowest BCUT2D eigenvalue weighted by Gasteiger charge is -2.26. The fraction of sp³-hybridized carbons (Fsp3) is 0.500. The van der Waals surface area contributed by atoms with Crippen molar-refractivity contribution in [2.45, 2.75) is 25.2 Å². The Hall–Kier alpha value is -0.340. The highest BCUT2D eigenvalue weighted by Crippen LogP contribution is 2.34. The minimum absolute atomic E-state index is 0.709. The monoisotopic (exact) mass is 253 g/mol. The second kappa shape index (κ2) is 4.45. The van der Waals surface area contributed by atoms with Gasteiger partial charge in [0.2, 0.25) is 0 Å². The molecule has 1 aromatic rings. The molecule has 1 aliphatic rings. The maximum Gasteiger partial charge on any atom is 0.0210 e. The molecule has 0 saturated heterocycles. The van der Waals surface area contributed by atoms with Crippen LogP contribution in [0.2, 0.25) is 0 Å². The van der Waals surface area contributed by atoms with Gasteiger partial charge in [-0.1, -0.05) is 28.1 Å². The molecule has 0 aliphatic heterocycles. The van der Waals surface area contributed by atoms with Crippen molar-refractivity contribution in [3.63, 3.8) is 0 Å². The second-order valence-electron chi connectivity index (χ2n) is 3.95. The molecule has 0 saturated carbocycles. The predicted octanol–water partition coefficient (Wildman–Crippen LogP) is 3.09. The molecule has 0 aromatic heterocycles. The first-order valence-electron chi connectivity index (χ1n) is 5.25. The minimum atomic E-state index is 0.709. The summed E-state index contributed by atoms with van der Waals surface area (Å²) in [5, 5.41) is 3.28. The summed E-state index contributed by atoms with van der Waals surface area (Å²) in [6.45, 7) is 1.10. The molecule has 1 atom stereocenters. The van der Waals surface area contributed by atoms with Crippen LogP contribution in [0.3, 0.4) is 0 Å². The first kappa shape index (κ1) is 10.2. The maximum atomic E-state index is 3.64. The molecule has 1 nitrogen and oxygen atoms in total. The van der Waals surface area contributed by atoms with Crippen LogP contribution in [0.25, 0.3) is 0 Å². The van der Waals surface area contributed by atoms with Crippen LogP contribution < -0.4 is 5.32 Å². The number of benzene rings is 1. The standard InChI is InChI=1S/C12H16BrN/c1-14-8-9-4-2-6-11-10(9)5-3-7-12(11)13/h3,5,7,9,14H,2,4,6,8H2,1H3. The number of rotatable bonds is 2. The van der Waals surface area contributed by atoms with Crippen LogP contribution in [0.4, 0.5) is 0 Å². The Morgan fingerprint density at radius 1 is 1.50 bits per heavy atom. The number of halogens is 1. The molecule has 0 fully saturated rings. The highest BCUT2D eigenvalue weighted by atomic mass is 79.9. The molecule has 0 heterocycles. The zero-order chi connectivity index (χ0) is 9.97. The SMILES string of the molecule is CNCC1CCCc2c(Br)cccc21. The summed E-state index contributed by atoms with van der Waals surface area (Å²) in [6.07, 6.45) is 3.88. The quantitative estimate of drug-likeness (QED) is 0.855. The van der Waals surface area contributed by atoms with Crippen molar-refractivity contribution in [3.05, 3.63) is 33.8 Å². The van der Waals surface area contributed by atoms with E-state index < -0.39 is 0 Å². The zero-order valence-corrected chi connectivity index (χ0v) is 10.1. The van der Waals surface area contributed by atoms with Crippen molar-refractivity contribution in [1.82, 2.24) is 5.32 Å². The van der Waals surface area contributed by atoms with E-state index in [2.05, 4.69) is 39.4 Å². The number of nitrogens with one attached hydrogen (secondary N) is 1. The number of likely N-dealkylation sites (N-methyl/N-ethyl adjacent to an activating group) is 1. The van der Waals surface area contributed by atoms with Crippen LogP contribution in [0.5, 0.6) is 0 Å². The Morgan fingerprint density at radius 2 is 2.36 bits per heavy atom. The van der Waals surface area contributed by atoms with E-state index in [1.165, 1.54) is 29.3 Å². The molecule has 14 heavy (non-hydrogen) atoms. The van der Waals surface area contributed by atoms with Crippen LogP contribution in [-0.4, -0.2) is 13.6 Å². The van der Waals surface area contributed by atoms with Gasteiger partial charge >= 0.3 is 0 Å². The van der Waals surface area contributed by atoms with Crippen LogP contribution in [0.15, 0.2) is 22.7 Å². The molecule has 0 spiro atoms. The Morgan fingerprint density at radius 3 is 3.14 bits per heavy atom. The van der Waals surface area contributed by atoms with E-state index in [-0.39, 0.29) is 0 Å². The normalized spacial score (nSPS) is 20.6. The van der Waals surface area contributed by atoms with Crippen molar-refractivity contribution in [2.24, 2.45) is 0 Å². The highest BCUT2D eigenvalue weighted by molar-refractivity contribution is 9.10. The smallest absolute Gasteiger partial charge is 0.0210 e. The summed E-state index contributed by atoms with van der Waals surface area (Å²) in [5.74, 6) is 0.709. The third-order valence-corrected chi connectivity index (χ3v) is 3.77. The van der Waals surface area contributed by atoms with Gasteiger partial charge < -0.3 is 5.32 Å². The van der Waals surface area contributed by atoms with Gasteiger partial charge in [-0.15, -0.1) is 0 Å². The molecule has 1 unspecified atom stereocenters. The summed E-state index contributed by atoms with van der Waals surface area (Å²) in [4.78, 5) is 0. The van der Waals surface area contributed by atoms with E-state index >= 15 is 0 Å². The van der Waals surface area contributed by atoms with Gasteiger partial charge in [-0.2, -0.15) is 0 Å². The Labute approximate surface area is 94.0 Å². The molecule has 0 bridgehead atoms. The summed E-state index contributed by atoms with van der Waals surface area (Å²) in [5.41, 5.74) is 3.07. The molecule has 1 N–H and O–H groups in total. The van der Waals surface area contributed by atoms with E-state index in [9.17, 15) is 0 Å². The van der Waals surface area contributed by atoms with E-state index in [1.54, 1.807) is 5.56 Å². The number of fused-ring (bicyclic) bond motifs is 1. The van der Waals surface area contributed by atoms with E-state index in [1.807, 2.05) is 7.05 Å². The molecular formula is C12H16BrN. The predicted molar refractivity (Wildman–Crippen MR) is 63.7 cm³/mol. The Balaban J connectivity index is 2.34. The summed E-state index contributed by atoms with van der Waals surface area (Å²) in [7, 11) is 2.03. The van der Waals surface area contributed by atoms with Gasteiger partial charge in [0, 0.05) is 11.0 Å². The zero-order valence-electron chi connectivity index (χ0n) is 8.52. The van der Waals surface area contributed by atoms with E-state index in [0.717, 1.165) is 6.54 Å². The highest BCUT2D eigenvalue weighted by Gasteiger charge is 2.20. The summed E-state index contributed by atoms with van der Waals surface area (Å²) in [6, 6.07) is 6.58. The van der Waals surface area contributed by atoms with Gasteiger partial charge in [-0.3, -0.25) is 0 Å². The molecule has 0 radical (unpaired) electrons. The van der Waals surface area contributed by atoms with Crippen molar-refractivity contribution in [1.29, 1.82) is 0 Å². The van der Waals surface area contributed by atoms with Crippen molar-refractivity contribution in [3.8, 4) is 0 Å². The first-order chi connectivity index (χ1) is 6.83. The fourth-order valence-corrected chi connectivity index (χ4v) is 2.94. The van der Waals surface area contributed by atoms with Gasteiger partial charge in [0.05, 0.1) is 0 Å². The number of hydrogen-bond donors (Lipinski definition) is 1. The largest absolute Gasteiger partial charge is 0.319 e. The van der Waals surface area contributed by atoms with E-state index in [0.29, 0.717) is 5.92 Å². The average Bonchev–Trinajstić information content (AvgIpc) is 2.20. The molecule has 76 valence electrons. The summed E-state index contributed by atoms with van der Waals surface area (Å²) < 4.78 is 1.29. The van der Waals surface area contributed by atoms with Gasteiger partial charge in [-0.25, -0.2) is 0 Å². The van der Waals surface area contributed by atoms with Crippen molar-refractivity contribution in [2.75, 3.05) is 13.6 Å². The van der Waals surface area contributed by atoms with Gasteiger partial charge in [0.1, 0.15) is 0 Å². The van der Waals surface area contributed by atoms with Gasteiger partial charge in [0.15, 0.2) is 0 Å². The molecule has 2 rings (SSSR count). The Bertz CT molecular complexity index is 322. The minimum Gasteiger partial charge on any atom is -0.319 e. The lowest BCUT2D eigenvalue weighted by molar-refractivity contribution is 0.528. The summed E-state index contributed by atoms with van der Waals surface area (Å²) >= 11 is 3.64. The van der Waals surface area contributed by atoms with Crippen molar-refractivity contribution < 1.29 is 0 Å². The lowest BCUT2D eigenvalue weighted by Crippen LogP contribution is -2.21. The average molecular weight is 254 g/mol. The second-order valence-corrected chi connectivity index (χ2v) is 4.81. The van der Waals surface area contributed by atoms with Gasteiger partial charge in [-0.05, 0) is 49.4 Å². The van der Waals surface area contributed by atoms with Crippen LogP contribution >= 0.6 is 15.9 Å². The fourth-order valence-electron chi connectivity index (χ4n) is 2.36. The Kier molecular flexibility index (Phi) is 3.24. The third kappa shape index (κ3) is 1.86. The first-order valence-corrected chi connectivity index (χ1v) is 6.04. The number of hydrogen-bond acceptors (Lipinski definition) is 1. The molecule has 2 heteroatoms. The van der Waals surface area contributed by atoms with Crippen LogP contribution in [0.1, 0.15) is 29.9 Å². The lowest BCUT2D eigenvalue weighted by atomic mass is 9.83. The molecule has 1 aromatic carbocycles.